The zero-order valence-electron chi connectivity index (χ0n) is 12.8. The van der Waals surface area contributed by atoms with Crippen LogP contribution in [0.15, 0.2) is 28.2 Å². The number of aryl methyl sites for hydroxylation is 2. The maximum Gasteiger partial charge on any atom is 0.195 e. The summed E-state index contributed by atoms with van der Waals surface area (Å²) in [6.07, 6.45) is 0.852. The lowest BCUT2D eigenvalue weighted by Crippen LogP contribution is -2.42. The first-order valence-electron chi connectivity index (χ1n) is 6.85. The third-order valence-electron chi connectivity index (χ3n) is 2.91. The van der Waals surface area contributed by atoms with E-state index in [1.54, 1.807) is 0 Å². The van der Waals surface area contributed by atoms with Gasteiger partial charge in [0.05, 0.1) is 0 Å². The quantitative estimate of drug-likeness (QED) is 0.574. The summed E-state index contributed by atoms with van der Waals surface area (Å²) in [4.78, 5) is 8.37. The molecule has 1 aromatic rings. The lowest BCUT2D eigenvalue weighted by Gasteiger charge is -2.07. The molecule has 0 amide bonds. The Morgan fingerprint density at radius 3 is 2.45 bits per heavy atom. The third-order valence-corrected chi connectivity index (χ3v) is 2.91. The molecule has 0 saturated heterocycles. The minimum Gasteiger partial charge on any atom is -0.370 e. The highest BCUT2D eigenvalue weighted by Gasteiger charge is 1.98. The number of hydrogen-bond acceptors (Lipinski definition) is 2. The van der Waals surface area contributed by atoms with Gasteiger partial charge in [-0.25, -0.2) is 0 Å². The second kappa shape index (κ2) is 7.53. The number of nitrogens with one attached hydrogen (secondary N) is 1. The van der Waals surface area contributed by atoms with Crippen LogP contribution in [-0.4, -0.2) is 24.5 Å². The molecule has 5 nitrogen and oxygen atoms in total. The molecular formula is C15H25N5. The van der Waals surface area contributed by atoms with Crippen molar-refractivity contribution in [2.75, 3.05) is 6.54 Å². The van der Waals surface area contributed by atoms with Crippen molar-refractivity contribution >= 4 is 11.9 Å². The van der Waals surface area contributed by atoms with Gasteiger partial charge in [-0.1, -0.05) is 18.2 Å². The van der Waals surface area contributed by atoms with Gasteiger partial charge < -0.3 is 11.5 Å². The van der Waals surface area contributed by atoms with Gasteiger partial charge in [-0.3, -0.25) is 15.3 Å². The van der Waals surface area contributed by atoms with Crippen LogP contribution in [0.2, 0.25) is 0 Å². The van der Waals surface area contributed by atoms with E-state index in [-0.39, 0.29) is 6.04 Å². The second-order valence-corrected chi connectivity index (χ2v) is 5.17. The molecule has 1 rings (SSSR count). The first-order chi connectivity index (χ1) is 9.38. The molecule has 0 spiro atoms. The van der Waals surface area contributed by atoms with Crippen LogP contribution in [-0.2, 0) is 6.42 Å². The SMILES string of the molecule is Cc1ccc(CCN=C(N)NC(N)=NC(C)C)cc1C. The number of nitrogens with two attached hydrogens (primary N) is 2. The molecule has 0 fully saturated rings. The molecule has 110 valence electrons. The maximum atomic E-state index is 5.75. The molecule has 5 heteroatoms. The number of aliphatic imine (C=N–C) groups is 2. The molecule has 0 atom stereocenters. The van der Waals surface area contributed by atoms with Gasteiger partial charge in [0.15, 0.2) is 11.9 Å². The van der Waals surface area contributed by atoms with Crippen LogP contribution in [0.4, 0.5) is 0 Å². The molecule has 0 saturated carbocycles. The Kier molecular flexibility index (Phi) is 6.03. The summed E-state index contributed by atoms with van der Waals surface area (Å²) in [6.45, 7) is 8.73. The summed E-state index contributed by atoms with van der Waals surface area (Å²) in [5, 5.41) is 2.77. The fraction of sp³-hybridized carbons (Fsp3) is 0.467. The van der Waals surface area contributed by atoms with Crippen molar-refractivity contribution in [2.24, 2.45) is 21.5 Å². The Labute approximate surface area is 121 Å². The van der Waals surface area contributed by atoms with E-state index in [0.29, 0.717) is 18.5 Å². The summed E-state index contributed by atoms with van der Waals surface area (Å²) in [5.74, 6) is 0.600. The molecule has 0 aromatic heterocycles. The summed E-state index contributed by atoms with van der Waals surface area (Å²) in [5.41, 5.74) is 15.3. The van der Waals surface area contributed by atoms with Crippen molar-refractivity contribution in [2.45, 2.75) is 40.2 Å². The zero-order valence-corrected chi connectivity index (χ0v) is 12.8. The van der Waals surface area contributed by atoms with Crippen LogP contribution in [0.1, 0.15) is 30.5 Å². The van der Waals surface area contributed by atoms with Crippen molar-refractivity contribution in [1.29, 1.82) is 0 Å². The third kappa shape index (κ3) is 5.73. The molecule has 0 aliphatic heterocycles. The number of guanidine groups is 2. The molecule has 0 aliphatic rings. The van der Waals surface area contributed by atoms with E-state index < -0.39 is 0 Å². The van der Waals surface area contributed by atoms with Crippen LogP contribution in [0.5, 0.6) is 0 Å². The van der Waals surface area contributed by atoms with Gasteiger partial charge in [-0.15, -0.1) is 0 Å². The Balaban J connectivity index is 2.49. The summed E-state index contributed by atoms with van der Waals surface area (Å²) < 4.78 is 0. The predicted molar refractivity (Wildman–Crippen MR) is 86.0 cm³/mol. The van der Waals surface area contributed by atoms with E-state index in [2.05, 4.69) is 47.3 Å². The lowest BCUT2D eigenvalue weighted by molar-refractivity contribution is 0.826. The standard InChI is InChI=1S/C15H25N5/c1-10(2)19-15(17)20-14(16)18-8-7-13-6-5-11(3)12(4)9-13/h5-6,9-10H,7-8H2,1-4H3,(H5,16,17,18,19,20). The molecule has 5 N–H and O–H groups in total. The molecule has 1 aromatic carbocycles. The Morgan fingerprint density at radius 2 is 1.85 bits per heavy atom. The van der Waals surface area contributed by atoms with E-state index in [0.717, 1.165) is 6.42 Å². The molecule has 0 radical (unpaired) electrons. The van der Waals surface area contributed by atoms with Crippen LogP contribution in [0.25, 0.3) is 0 Å². The number of hydrogen-bond donors (Lipinski definition) is 3. The van der Waals surface area contributed by atoms with Gasteiger partial charge in [-0.2, -0.15) is 0 Å². The number of benzene rings is 1. The van der Waals surface area contributed by atoms with Gasteiger partial charge in [0.1, 0.15) is 0 Å². The van der Waals surface area contributed by atoms with Gasteiger partial charge in [0.2, 0.25) is 0 Å². The highest BCUT2D eigenvalue weighted by atomic mass is 15.2. The molecule has 0 bridgehead atoms. The van der Waals surface area contributed by atoms with Crippen molar-refractivity contribution < 1.29 is 0 Å². The summed E-state index contributed by atoms with van der Waals surface area (Å²) >= 11 is 0. The minimum absolute atomic E-state index is 0.130. The smallest absolute Gasteiger partial charge is 0.195 e. The van der Waals surface area contributed by atoms with E-state index in [4.69, 9.17) is 11.5 Å². The van der Waals surface area contributed by atoms with Crippen molar-refractivity contribution in [3.63, 3.8) is 0 Å². The second-order valence-electron chi connectivity index (χ2n) is 5.17. The molecule has 0 heterocycles. The van der Waals surface area contributed by atoms with Crippen LogP contribution in [0, 0.1) is 13.8 Å². The van der Waals surface area contributed by atoms with Gasteiger partial charge in [0, 0.05) is 12.6 Å². The van der Waals surface area contributed by atoms with Gasteiger partial charge in [-0.05, 0) is 50.8 Å². The predicted octanol–water partition coefficient (Wildman–Crippen LogP) is 1.47. The van der Waals surface area contributed by atoms with Gasteiger partial charge >= 0.3 is 0 Å². The van der Waals surface area contributed by atoms with E-state index >= 15 is 0 Å². The highest BCUT2D eigenvalue weighted by molar-refractivity contribution is 5.97. The normalized spacial score (nSPS) is 12.8. The molecule has 0 unspecified atom stereocenters. The largest absolute Gasteiger partial charge is 0.370 e. The van der Waals surface area contributed by atoms with Crippen LogP contribution >= 0.6 is 0 Å². The first-order valence-corrected chi connectivity index (χ1v) is 6.85. The molecular weight excluding hydrogens is 250 g/mol. The van der Waals surface area contributed by atoms with Crippen LogP contribution < -0.4 is 16.8 Å². The minimum atomic E-state index is 0.130. The summed E-state index contributed by atoms with van der Waals surface area (Å²) in [7, 11) is 0. The van der Waals surface area contributed by atoms with E-state index in [1.807, 2.05) is 13.8 Å². The number of rotatable bonds is 4. The van der Waals surface area contributed by atoms with Crippen molar-refractivity contribution in [3.8, 4) is 0 Å². The van der Waals surface area contributed by atoms with E-state index in [9.17, 15) is 0 Å². The fourth-order valence-corrected chi connectivity index (χ4v) is 1.75. The van der Waals surface area contributed by atoms with Crippen molar-refractivity contribution in [3.05, 3.63) is 34.9 Å². The zero-order chi connectivity index (χ0) is 15.1. The van der Waals surface area contributed by atoms with Gasteiger partial charge in [0.25, 0.3) is 0 Å². The molecule has 0 aliphatic carbocycles. The highest BCUT2D eigenvalue weighted by Crippen LogP contribution is 2.10. The van der Waals surface area contributed by atoms with Crippen molar-refractivity contribution in [1.82, 2.24) is 5.32 Å². The Bertz CT molecular complexity index is 503. The lowest BCUT2D eigenvalue weighted by atomic mass is 10.0. The topological polar surface area (TPSA) is 88.8 Å². The fourth-order valence-electron chi connectivity index (χ4n) is 1.75. The van der Waals surface area contributed by atoms with E-state index in [1.165, 1.54) is 16.7 Å². The molecule has 20 heavy (non-hydrogen) atoms. The Morgan fingerprint density at radius 1 is 1.15 bits per heavy atom. The summed E-state index contributed by atoms with van der Waals surface area (Å²) in [6, 6.07) is 6.56. The average molecular weight is 275 g/mol. The number of nitrogens with zero attached hydrogens (tertiary/aromatic N) is 2. The average Bonchev–Trinajstić information content (AvgIpc) is 2.32. The monoisotopic (exact) mass is 275 g/mol. The Hall–Kier alpha value is -2.04. The first kappa shape index (κ1) is 16.0. The maximum absolute atomic E-state index is 5.75. The van der Waals surface area contributed by atoms with Crippen LogP contribution in [0.3, 0.4) is 0 Å².